The van der Waals surface area contributed by atoms with Gasteiger partial charge in [0.05, 0.1) is 13.5 Å². The smallest absolute Gasteiger partial charge is 0.309 e. The highest BCUT2D eigenvalue weighted by atomic mass is 35.5. The zero-order chi connectivity index (χ0) is 16.2. The summed E-state index contributed by atoms with van der Waals surface area (Å²) in [5.41, 5.74) is 6.55. The fourth-order valence-corrected chi connectivity index (χ4v) is 2.99. The number of carbonyl (C=O) groups is 1. The molecule has 2 aromatic carbocycles. The van der Waals surface area contributed by atoms with Crippen LogP contribution in [0.5, 0.6) is 0 Å². The molecule has 0 bridgehead atoms. The average molecular weight is 325 g/mol. The predicted octanol–water partition coefficient (Wildman–Crippen LogP) is 4.56. The first-order chi connectivity index (χ1) is 11.2. The monoisotopic (exact) mass is 324 g/mol. The number of alkyl halides is 1. The third kappa shape index (κ3) is 3.22. The van der Waals surface area contributed by atoms with Gasteiger partial charge in [-0.05, 0) is 39.5 Å². The fraction of sp³-hybridized carbons (Fsp3) is 0.150. The van der Waals surface area contributed by atoms with Gasteiger partial charge < -0.3 is 4.74 Å². The van der Waals surface area contributed by atoms with E-state index in [1.54, 1.807) is 0 Å². The Morgan fingerprint density at radius 1 is 1.09 bits per heavy atom. The van der Waals surface area contributed by atoms with E-state index in [1.165, 1.54) is 7.11 Å². The maximum absolute atomic E-state index is 11.6. The summed E-state index contributed by atoms with van der Waals surface area (Å²) in [6, 6.07) is 14.3. The van der Waals surface area contributed by atoms with Crippen LogP contribution >= 0.6 is 11.6 Å². The summed E-state index contributed by atoms with van der Waals surface area (Å²) >= 11 is 6.00. The van der Waals surface area contributed by atoms with Gasteiger partial charge in [-0.1, -0.05) is 54.6 Å². The molecule has 0 fully saturated rings. The summed E-state index contributed by atoms with van der Waals surface area (Å²) < 4.78 is 4.76. The van der Waals surface area contributed by atoms with Gasteiger partial charge in [-0.15, -0.1) is 11.6 Å². The van der Waals surface area contributed by atoms with E-state index >= 15 is 0 Å². The van der Waals surface area contributed by atoms with Crippen molar-refractivity contribution in [3.63, 3.8) is 0 Å². The molecule has 23 heavy (non-hydrogen) atoms. The minimum atomic E-state index is -0.239. The van der Waals surface area contributed by atoms with E-state index in [1.807, 2.05) is 30.3 Å². The summed E-state index contributed by atoms with van der Waals surface area (Å²) in [6.07, 6.45) is 6.51. The minimum Gasteiger partial charge on any atom is -0.469 e. The van der Waals surface area contributed by atoms with Gasteiger partial charge in [-0.25, -0.2) is 0 Å². The number of halogens is 1. The van der Waals surface area contributed by atoms with Crippen LogP contribution in [-0.2, 0) is 16.0 Å². The van der Waals surface area contributed by atoms with Crippen LogP contribution in [0.4, 0.5) is 0 Å². The maximum Gasteiger partial charge on any atom is 0.309 e. The molecule has 0 saturated heterocycles. The van der Waals surface area contributed by atoms with Crippen molar-refractivity contribution >= 4 is 35.3 Å². The molecule has 2 nitrogen and oxygen atoms in total. The van der Waals surface area contributed by atoms with Crippen molar-refractivity contribution in [1.82, 2.24) is 0 Å². The van der Waals surface area contributed by atoms with E-state index in [4.69, 9.17) is 16.3 Å². The van der Waals surface area contributed by atoms with Gasteiger partial charge in [-0.2, -0.15) is 0 Å². The number of benzene rings is 2. The van der Waals surface area contributed by atoms with Gasteiger partial charge in [0.1, 0.15) is 0 Å². The summed E-state index contributed by atoms with van der Waals surface area (Å²) in [5.74, 6) is 0.196. The zero-order valence-electron chi connectivity index (χ0n) is 12.9. The lowest BCUT2D eigenvalue weighted by Crippen LogP contribution is -2.05. The van der Waals surface area contributed by atoms with Crippen LogP contribution < -0.4 is 0 Å². The first-order valence-corrected chi connectivity index (χ1v) is 8.00. The van der Waals surface area contributed by atoms with Crippen molar-refractivity contribution in [2.45, 2.75) is 6.42 Å². The van der Waals surface area contributed by atoms with Gasteiger partial charge in [0.2, 0.25) is 0 Å². The van der Waals surface area contributed by atoms with Crippen LogP contribution in [-0.4, -0.2) is 19.0 Å². The van der Waals surface area contributed by atoms with Gasteiger partial charge in [0.15, 0.2) is 0 Å². The number of ether oxygens (including phenoxy) is 1. The molecule has 1 aliphatic rings. The summed E-state index contributed by atoms with van der Waals surface area (Å²) in [6.45, 7) is 0. The quantitative estimate of drug-likeness (QED) is 0.521. The highest BCUT2D eigenvalue weighted by Crippen LogP contribution is 2.34. The molecule has 0 N–H and O–H groups in total. The normalized spacial score (nSPS) is 14.1. The largest absolute Gasteiger partial charge is 0.469 e. The van der Waals surface area contributed by atoms with Crippen LogP contribution in [0, 0.1) is 0 Å². The van der Waals surface area contributed by atoms with E-state index in [0.717, 1.165) is 33.4 Å². The molecule has 0 radical (unpaired) electrons. The van der Waals surface area contributed by atoms with Gasteiger partial charge in [0.25, 0.3) is 0 Å². The van der Waals surface area contributed by atoms with Crippen LogP contribution in [0.2, 0.25) is 0 Å². The lowest BCUT2D eigenvalue weighted by Gasteiger charge is -2.13. The molecular formula is C20H17ClO2. The molecule has 0 heterocycles. The molecule has 3 rings (SSSR count). The second-order valence-corrected chi connectivity index (χ2v) is 5.68. The number of esters is 1. The Morgan fingerprint density at radius 3 is 2.57 bits per heavy atom. The molecule has 1 aliphatic carbocycles. The van der Waals surface area contributed by atoms with Crippen molar-refractivity contribution in [1.29, 1.82) is 0 Å². The maximum atomic E-state index is 11.6. The summed E-state index contributed by atoms with van der Waals surface area (Å²) in [4.78, 5) is 11.6. The molecule has 0 atom stereocenters. The van der Waals surface area contributed by atoms with Crippen LogP contribution in [0.1, 0.15) is 27.8 Å². The van der Waals surface area contributed by atoms with Crippen molar-refractivity contribution in [2.24, 2.45) is 0 Å². The summed E-state index contributed by atoms with van der Waals surface area (Å²) in [5, 5.41) is 0. The van der Waals surface area contributed by atoms with Crippen molar-refractivity contribution in [2.75, 3.05) is 13.0 Å². The van der Waals surface area contributed by atoms with Gasteiger partial charge in [-0.3, -0.25) is 4.79 Å². The van der Waals surface area contributed by atoms with Gasteiger partial charge >= 0.3 is 5.97 Å². The van der Waals surface area contributed by atoms with E-state index < -0.39 is 0 Å². The SMILES string of the molecule is COC(=O)Cc1ccc2c(c1)C(=CCCl)c1ccccc1C=C2. The number of allylic oxidation sites excluding steroid dienone is 1. The Bertz CT molecular complexity index is 803. The number of hydrogen-bond donors (Lipinski definition) is 0. The predicted molar refractivity (Wildman–Crippen MR) is 95.3 cm³/mol. The highest BCUT2D eigenvalue weighted by Gasteiger charge is 2.15. The van der Waals surface area contributed by atoms with Crippen LogP contribution in [0.25, 0.3) is 17.7 Å². The van der Waals surface area contributed by atoms with Crippen LogP contribution in [0.3, 0.4) is 0 Å². The molecule has 0 amide bonds. The number of hydrogen-bond acceptors (Lipinski definition) is 2. The first-order valence-electron chi connectivity index (χ1n) is 7.46. The number of fused-ring (bicyclic) bond motifs is 2. The van der Waals surface area contributed by atoms with E-state index in [0.29, 0.717) is 5.88 Å². The second kappa shape index (κ2) is 6.84. The topological polar surface area (TPSA) is 26.3 Å². The standard InChI is InChI=1S/C20H17ClO2/c1-23-20(22)13-14-6-7-16-9-8-15-4-2-3-5-17(15)18(10-11-21)19(16)12-14/h2-10,12H,11,13H2,1H3. The Balaban J connectivity index is 2.14. The van der Waals surface area contributed by atoms with Crippen LogP contribution in [0.15, 0.2) is 48.5 Å². The van der Waals surface area contributed by atoms with E-state index in [9.17, 15) is 4.79 Å². The zero-order valence-corrected chi connectivity index (χ0v) is 13.6. The van der Waals surface area contributed by atoms with E-state index in [2.05, 4.69) is 30.4 Å². The molecule has 0 unspecified atom stereocenters. The van der Waals surface area contributed by atoms with E-state index in [-0.39, 0.29) is 12.4 Å². The molecule has 0 saturated carbocycles. The fourth-order valence-electron chi connectivity index (χ4n) is 2.84. The highest BCUT2D eigenvalue weighted by molar-refractivity contribution is 6.19. The molecule has 3 heteroatoms. The Hall–Kier alpha value is -2.32. The Labute approximate surface area is 141 Å². The number of carbonyl (C=O) groups excluding carboxylic acids is 1. The van der Waals surface area contributed by atoms with Gasteiger partial charge in [0, 0.05) is 5.88 Å². The second-order valence-electron chi connectivity index (χ2n) is 5.37. The molecule has 0 aromatic heterocycles. The van der Waals surface area contributed by atoms with Crippen molar-refractivity contribution in [3.8, 4) is 0 Å². The number of methoxy groups -OCH3 is 1. The first kappa shape index (κ1) is 15.6. The third-order valence-electron chi connectivity index (χ3n) is 3.96. The molecular weight excluding hydrogens is 308 g/mol. The molecule has 0 spiro atoms. The van der Waals surface area contributed by atoms with Crippen molar-refractivity contribution in [3.05, 3.63) is 76.4 Å². The molecule has 116 valence electrons. The van der Waals surface area contributed by atoms with Crippen molar-refractivity contribution < 1.29 is 9.53 Å². The third-order valence-corrected chi connectivity index (χ3v) is 4.11. The minimum absolute atomic E-state index is 0.239. The molecule has 0 aliphatic heterocycles. The number of rotatable bonds is 3. The lowest BCUT2D eigenvalue weighted by molar-refractivity contribution is -0.139. The average Bonchev–Trinajstić information content (AvgIpc) is 2.73. The Morgan fingerprint density at radius 2 is 1.83 bits per heavy atom. The lowest BCUT2D eigenvalue weighted by atomic mass is 9.91. The summed E-state index contributed by atoms with van der Waals surface area (Å²) in [7, 11) is 1.41. The molecule has 2 aromatic rings. The Kier molecular flexibility index (Phi) is 4.63.